The number of carbonyl (C=O) groups is 1. The Bertz CT molecular complexity index is 192. The highest BCUT2D eigenvalue weighted by atomic mass is 16.6. The molecule has 1 aliphatic rings. The van der Waals surface area contributed by atoms with Crippen LogP contribution in [0.2, 0.25) is 0 Å². The van der Waals surface area contributed by atoms with E-state index in [1.807, 2.05) is 0 Å². The van der Waals surface area contributed by atoms with Crippen LogP contribution in [0.1, 0.15) is 7.43 Å². The Morgan fingerprint density at radius 3 is 2.50 bits per heavy atom. The van der Waals surface area contributed by atoms with Gasteiger partial charge in [0.15, 0.2) is 12.2 Å². The van der Waals surface area contributed by atoms with E-state index in [1.165, 1.54) is 7.11 Å². The Balaban J connectivity index is 0.00000169. The Morgan fingerprint density at radius 1 is 1.50 bits per heavy atom. The second-order valence-corrected chi connectivity index (χ2v) is 2.79. The van der Waals surface area contributed by atoms with E-state index in [-0.39, 0.29) is 7.43 Å². The van der Waals surface area contributed by atoms with E-state index in [0.717, 1.165) is 0 Å². The molecular weight excluding hydrogens is 192 g/mol. The molecule has 4 atom stereocenters. The minimum atomic E-state index is -1.60. The van der Waals surface area contributed by atoms with Crippen molar-refractivity contribution in [3.05, 3.63) is 0 Å². The van der Waals surface area contributed by atoms with Gasteiger partial charge in [-0.3, -0.25) is 0 Å². The summed E-state index contributed by atoms with van der Waals surface area (Å²) in [7, 11) is 1.29. The van der Waals surface area contributed by atoms with Gasteiger partial charge in [0, 0.05) is 7.11 Å². The molecular formula is C8H16O6. The largest absolute Gasteiger partial charge is 0.455 e. The lowest BCUT2D eigenvalue weighted by molar-refractivity contribution is -0.211. The van der Waals surface area contributed by atoms with Gasteiger partial charge in [-0.05, 0) is 0 Å². The smallest absolute Gasteiger partial charge is 0.338 e. The van der Waals surface area contributed by atoms with Gasteiger partial charge < -0.3 is 24.8 Å². The first kappa shape index (κ1) is 13.3. The molecule has 0 bridgehead atoms. The quantitative estimate of drug-likeness (QED) is 0.467. The summed E-state index contributed by atoms with van der Waals surface area (Å²) in [5, 5.41) is 27.2. The fourth-order valence-corrected chi connectivity index (χ4v) is 1.26. The van der Waals surface area contributed by atoms with Crippen LogP contribution in [0.15, 0.2) is 0 Å². The van der Waals surface area contributed by atoms with Crippen molar-refractivity contribution >= 4 is 5.97 Å². The number of methoxy groups -OCH3 is 1. The average Bonchev–Trinajstić information content (AvgIpc) is 2.13. The van der Waals surface area contributed by atoms with Gasteiger partial charge in [-0.15, -0.1) is 0 Å². The van der Waals surface area contributed by atoms with Gasteiger partial charge >= 0.3 is 5.97 Å². The molecule has 0 aromatic carbocycles. The summed E-state index contributed by atoms with van der Waals surface area (Å²) in [6.07, 6.45) is -4.77. The lowest BCUT2D eigenvalue weighted by Gasteiger charge is -2.35. The maximum absolute atomic E-state index is 10.8. The number of rotatable bonds is 2. The first-order valence-corrected chi connectivity index (χ1v) is 3.82. The summed E-state index contributed by atoms with van der Waals surface area (Å²) in [5.41, 5.74) is 0. The zero-order chi connectivity index (χ0) is 10.0. The van der Waals surface area contributed by atoms with Gasteiger partial charge in [0.2, 0.25) is 0 Å². The summed E-state index contributed by atoms with van der Waals surface area (Å²) in [5.74, 6) is -0.945. The van der Waals surface area contributed by atoms with Crippen LogP contribution in [0.4, 0.5) is 0 Å². The fourth-order valence-electron chi connectivity index (χ4n) is 1.26. The Labute approximate surface area is 82.1 Å². The van der Waals surface area contributed by atoms with E-state index in [1.54, 1.807) is 0 Å². The summed E-state index contributed by atoms with van der Waals surface area (Å²) >= 11 is 0. The average molecular weight is 208 g/mol. The lowest BCUT2D eigenvalue weighted by atomic mass is 10.00. The molecule has 0 saturated carbocycles. The molecule has 1 heterocycles. The number of esters is 1. The highest BCUT2D eigenvalue weighted by Gasteiger charge is 2.44. The third-order valence-electron chi connectivity index (χ3n) is 1.99. The predicted octanol–water partition coefficient (Wildman–Crippen LogP) is -1.72. The number of ether oxygens (including phenoxy) is 2. The van der Waals surface area contributed by atoms with Crippen LogP contribution in [0.25, 0.3) is 0 Å². The first-order valence-electron chi connectivity index (χ1n) is 3.82. The molecule has 6 heteroatoms. The molecule has 1 saturated heterocycles. The molecule has 0 aromatic heterocycles. The van der Waals surface area contributed by atoms with Crippen molar-refractivity contribution in [1.82, 2.24) is 0 Å². The van der Waals surface area contributed by atoms with Crippen molar-refractivity contribution in [3.63, 3.8) is 0 Å². The molecule has 14 heavy (non-hydrogen) atoms. The molecule has 0 unspecified atom stereocenters. The highest BCUT2D eigenvalue weighted by molar-refractivity contribution is 5.76. The highest BCUT2D eigenvalue weighted by Crippen LogP contribution is 2.18. The van der Waals surface area contributed by atoms with Crippen LogP contribution in [-0.4, -0.2) is 59.4 Å². The van der Waals surface area contributed by atoms with Gasteiger partial charge in [0.05, 0.1) is 6.61 Å². The summed E-state index contributed by atoms with van der Waals surface area (Å²) in [6.45, 7) is -0.450. The molecule has 6 nitrogen and oxygen atoms in total. The molecule has 3 N–H and O–H groups in total. The summed E-state index contributed by atoms with van der Waals surface area (Å²) in [6, 6.07) is 0. The minimum Gasteiger partial charge on any atom is -0.455 e. The predicted molar refractivity (Wildman–Crippen MR) is 46.5 cm³/mol. The molecule has 1 aliphatic heterocycles. The van der Waals surface area contributed by atoms with Gasteiger partial charge in [0.25, 0.3) is 0 Å². The molecule has 1 rings (SSSR count). The van der Waals surface area contributed by atoms with Crippen LogP contribution < -0.4 is 0 Å². The van der Waals surface area contributed by atoms with Crippen molar-refractivity contribution in [2.75, 3.05) is 13.7 Å². The molecule has 0 aromatic rings. The third-order valence-corrected chi connectivity index (χ3v) is 1.99. The van der Waals surface area contributed by atoms with Gasteiger partial charge in [-0.1, -0.05) is 7.43 Å². The maximum atomic E-state index is 10.8. The minimum absolute atomic E-state index is 0. The zero-order valence-electron chi connectivity index (χ0n) is 7.08. The van der Waals surface area contributed by atoms with Crippen LogP contribution in [-0.2, 0) is 14.3 Å². The van der Waals surface area contributed by atoms with Crippen molar-refractivity contribution in [2.24, 2.45) is 0 Å². The van der Waals surface area contributed by atoms with Crippen molar-refractivity contribution in [1.29, 1.82) is 0 Å². The first-order chi connectivity index (χ1) is 6.11. The van der Waals surface area contributed by atoms with E-state index in [0.29, 0.717) is 0 Å². The number of cyclic esters (lactones) is 1. The molecule has 0 radical (unpaired) electrons. The molecule has 0 spiro atoms. The van der Waals surface area contributed by atoms with E-state index in [4.69, 9.17) is 14.9 Å². The Hall–Kier alpha value is -0.690. The SMILES string of the molecule is C.CO[C@H]1[C@H](O)[C@H](O)C(=O)O[C@@H]1CO. The normalized spacial score (nSPS) is 37.3. The van der Waals surface area contributed by atoms with Gasteiger partial charge in [-0.25, -0.2) is 4.79 Å². The second kappa shape index (κ2) is 5.26. The van der Waals surface area contributed by atoms with Crippen molar-refractivity contribution in [2.45, 2.75) is 31.8 Å². The van der Waals surface area contributed by atoms with Gasteiger partial charge in [-0.2, -0.15) is 0 Å². The van der Waals surface area contributed by atoms with Crippen molar-refractivity contribution < 1.29 is 29.6 Å². The van der Waals surface area contributed by atoms with E-state index >= 15 is 0 Å². The third kappa shape index (κ3) is 2.21. The molecule has 0 amide bonds. The van der Waals surface area contributed by atoms with E-state index < -0.39 is 37.0 Å². The second-order valence-electron chi connectivity index (χ2n) is 2.79. The summed E-state index contributed by atoms with van der Waals surface area (Å²) in [4.78, 5) is 10.8. The lowest BCUT2D eigenvalue weighted by Crippen LogP contribution is -2.57. The topological polar surface area (TPSA) is 96.2 Å². The monoisotopic (exact) mass is 208 g/mol. The standard InChI is InChI=1S/C7H12O6.CH4/c1-12-6-3(2-8)13-7(11)5(10)4(6)9;/h3-6,8-10H,2H2,1H3;1H4/t3-,4-,5+,6-;/m1./s1. The number of hydrogen-bond donors (Lipinski definition) is 3. The molecule has 84 valence electrons. The molecule has 0 aliphatic carbocycles. The van der Waals surface area contributed by atoms with Crippen LogP contribution in [0.3, 0.4) is 0 Å². The number of carbonyl (C=O) groups excluding carboxylic acids is 1. The number of hydrogen-bond acceptors (Lipinski definition) is 6. The fraction of sp³-hybridized carbons (Fsp3) is 0.875. The van der Waals surface area contributed by atoms with Crippen LogP contribution in [0, 0.1) is 0 Å². The van der Waals surface area contributed by atoms with E-state index in [2.05, 4.69) is 4.74 Å². The van der Waals surface area contributed by atoms with E-state index in [9.17, 15) is 9.90 Å². The van der Waals surface area contributed by atoms with Crippen LogP contribution in [0.5, 0.6) is 0 Å². The van der Waals surface area contributed by atoms with Crippen molar-refractivity contribution in [3.8, 4) is 0 Å². The number of aliphatic hydroxyl groups is 3. The summed E-state index contributed by atoms with van der Waals surface area (Å²) < 4.78 is 9.38. The van der Waals surface area contributed by atoms with Crippen LogP contribution >= 0.6 is 0 Å². The number of aliphatic hydroxyl groups excluding tert-OH is 3. The zero-order valence-corrected chi connectivity index (χ0v) is 7.08. The maximum Gasteiger partial charge on any atom is 0.338 e. The Morgan fingerprint density at radius 2 is 2.07 bits per heavy atom. The van der Waals surface area contributed by atoms with Gasteiger partial charge in [0.1, 0.15) is 12.2 Å². The molecule has 1 fully saturated rings. The Kier molecular flexibility index (Phi) is 5.00.